The van der Waals surface area contributed by atoms with Gasteiger partial charge in [0.1, 0.15) is 6.10 Å². The fourth-order valence-electron chi connectivity index (χ4n) is 7.02. The van der Waals surface area contributed by atoms with Crippen LogP contribution in [0.1, 0.15) is 65.7 Å². The summed E-state index contributed by atoms with van der Waals surface area (Å²) in [5.74, 6) is 1.95. The second-order valence-electron chi connectivity index (χ2n) is 9.57. The van der Waals surface area contributed by atoms with Crippen molar-refractivity contribution in [3.63, 3.8) is 0 Å². The van der Waals surface area contributed by atoms with Crippen LogP contribution in [0.25, 0.3) is 0 Å². The highest BCUT2D eigenvalue weighted by molar-refractivity contribution is 7.96. The molecule has 3 saturated carbocycles. The third-order valence-corrected chi connectivity index (χ3v) is 8.81. The molecule has 7 atom stereocenters. The number of allylic oxidation sites excluding steroid dienone is 2. The second kappa shape index (κ2) is 6.79. The number of carbonyl (C=O) groups is 2. The largest absolute Gasteiger partial charge is 0.454 e. The van der Waals surface area contributed by atoms with Crippen LogP contribution < -0.4 is 0 Å². The first kappa shape index (κ1) is 19.3. The summed E-state index contributed by atoms with van der Waals surface area (Å²) in [5, 5.41) is 0.0965. The number of rotatable bonds is 3. The molecule has 2 unspecified atom stereocenters. The molecule has 27 heavy (non-hydrogen) atoms. The molecular formula is C23H32O3S. The smallest absolute Gasteiger partial charge is 0.306 e. The summed E-state index contributed by atoms with van der Waals surface area (Å²) in [7, 11) is 0. The molecular weight excluding hydrogens is 356 g/mol. The number of carbonyl (C=O) groups excluding carboxylic acids is 2. The summed E-state index contributed by atoms with van der Waals surface area (Å²) in [5.41, 5.74) is 1.65. The highest BCUT2D eigenvalue weighted by Crippen LogP contribution is 2.66. The van der Waals surface area contributed by atoms with Crippen molar-refractivity contribution >= 4 is 23.7 Å². The quantitative estimate of drug-likeness (QED) is 0.415. The minimum atomic E-state index is -0.205. The molecule has 0 saturated heterocycles. The van der Waals surface area contributed by atoms with Gasteiger partial charge in [0.15, 0.2) is 5.12 Å². The maximum absolute atomic E-state index is 12.1. The SMILES string of the molecule is CCC(=O)OC1C=C[C@@]2(C)C(=C1)CC[C@@H]1[C@@H]2CC[C@]2(C)C(C(=O)S)CC[C@@H]12. The predicted molar refractivity (Wildman–Crippen MR) is 109 cm³/mol. The van der Waals surface area contributed by atoms with Crippen molar-refractivity contribution in [2.75, 3.05) is 0 Å². The van der Waals surface area contributed by atoms with Crippen molar-refractivity contribution < 1.29 is 14.3 Å². The van der Waals surface area contributed by atoms with Crippen molar-refractivity contribution in [1.29, 1.82) is 0 Å². The minimum absolute atomic E-state index is 0.0719. The first-order valence-electron chi connectivity index (χ1n) is 10.6. The number of thiol groups is 1. The highest BCUT2D eigenvalue weighted by atomic mass is 32.1. The Labute approximate surface area is 168 Å². The first-order valence-corrected chi connectivity index (χ1v) is 11.1. The number of ether oxygens (including phenoxy) is 1. The molecule has 0 aromatic carbocycles. The molecule has 0 spiro atoms. The van der Waals surface area contributed by atoms with Crippen LogP contribution in [-0.2, 0) is 14.3 Å². The van der Waals surface area contributed by atoms with Crippen LogP contribution in [0.5, 0.6) is 0 Å². The Morgan fingerprint density at radius 1 is 1.19 bits per heavy atom. The summed E-state index contributed by atoms with van der Waals surface area (Å²) in [4.78, 5) is 23.8. The number of hydrogen-bond donors (Lipinski definition) is 1. The fourth-order valence-corrected chi connectivity index (χ4v) is 7.44. The molecule has 4 aliphatic rings. The standard InChI is InChI=1S/C23H32O3S/c1-4-20(24)26-15-9-11-22(2)14(13-15)5-6-16-17-7-8-19(21(25)27)23(17,3)12-10-18(16)22/h9,11,13,15-19H,4-8,10,12H2,1-3H3,(H,25,27)/t15?,16-,17-,18-,19?,22-,23-/m0/s1. The van der Waals surface area contributed by atoms with E-state index in [9.17, 15) is 9.59 Å². The Morgan fingerprint density at radius 2 is 1.96 bits per heavy atom. The zero-order valence-corrected chi connectivity index (χ0v) is 17.6. The average Bonchev–Trinajstić information content (AvgIpc) is 2.99. The van der Waals surface area contributed by atoms with E-state index in [-0.39, 0.29) is 33.9 Å². The van der Waals surface area contributed by atoms with Crippen LogP contribution in [0.15, 0.2) is 23.8 Å². The molecule has 4 heteroatoms. The van der Waals surface area contributed by atoms with Gasteiger partial charge in [-0.05, 0) is 73.8 Å². The Bertz CT molecular complexity index is 710. The molecule has 4 aliphatic carbocycles. The van der Waals surface area contributed by atoms with E-state index in [1.54, 1.807) is 0 Å². The Kier molecular flexibility index (Phi) is 4.85. The van der Waals surface area contributed by atoms with Crippen LogP contribution >= 0.6 is 12.6 Å². The predicted octanol–water partition coefficient (Wildman–Crippen LogP) is 5.12. The Balaban J connectivity index is 1.58. The fraction of sp³-hybridized carbons (Fsp3) is 0.739. The molecule has 0 heterocycles. The van der Waals surface area contributed by atoms with Gasteiger partial charge in [-0.2, -0.15) is 0 Å². The van der Waals surface area contributed by atoms with Gasteiger partial charge in [0.25, 0.3) is 0 Å². The molecule has 0 radical (unpaired) electrons. The molecule has 3 nitrogen and oxygen atoms in total. The molecule has 0 bridgehead atoms. The van der Waals surface area contributed by atoms with Crippen molar-refractivity contribution in [2.24, 2.45) is 34.5 Å². The van der Waals surface area contributed by atoms with Crippen LogP contribution in [-0.4, -0.2) is 17.2 Å². The maximum Gasteiger partial charge on any atom is 0.306 e. The lowest BCUT2D eigenvalue weighted by Gasteiger charge is -2.57. The third-order valence-electron chi connectivity index (χ3n) is 8.50. The van der Waals surface area contributed by atoms with E-state index in [0.29, 0.717) is 24.2 Å². The van der Waals surface area contributed by atoms with Gasteiger partial charge in [-0.15, -0.1) is 12.6 Å². The molecule has 148 valence electrons. The second-order valence-corrected chi connectivity index (χ2v) is 10.0. The van der Waals surface area contributed by atoms with Gasteiger partial charge < -0.3 is 4.74 Å². The zero-order valence-electron chi connectivity index (χ0n) is 16.7. The van der Waals surface area contributed by atoms with Crippen molar-refractivity contribution in [3.8, 4) is 0 Å². The molecule has 0 aromatic heterocycles. The van der Waals surface area contributed by atoms with Gasteiger partial charge in [0.05, 0.1) is 0 Å². The monoisotopic (exact) mass is 388 g/mol. The summed E-state index contributed by atoms with van der Waals surface area (Å²) in [6.07, 6.45) is 13.6. The highest BCUT2D eigenvalue weighted by Gasteiger charge is 2.59. The summed E-state index contributed by atoms with van der Waals surface area (Å²) in [6.45, 7) is 6.56. The van der Waals surface area contributed by atoms with Crippen LogP contribution in [0.2, 0.25) is 0 Å². The molecule has 0 aliphatic heterocycles. The number of fused-ring (bicyclic) bond motifs is 5. The van der Waals surface area contributed by atoms with Gasteiger partial charge in [0, 0.05) is 17.8 Å². The van der Waals surface area contributed by atoms with E-state index in [2.05, 4.69) is 44.7 Å². The summed E-state index contributed by atoms with van der Waals surface area (Å²) in [6, 6.07) is 0. The first-order chi connectivity index (χ1) is 12.8. The van der Waals surface area contributed by atoms with Gasteiger partial charge in [-0.25, -0.2) is 0 Å². The molecule has 0 N–H and O–H groups in total. The van der Waals surface area contributed by atoms with E-state index in [1.807, 2.05) is 6.92 Å². The van der Waals surface area contributed by atoms with Gasteiger partial charge in [-0.3, -0.25) is 9.59 Å². The molecule has 0 amide bonds. The molecule has 4 rings (SSSR count). The summed E-state index contributed by atoms with van der Waals surface area (Å²) < 4.78 is 5.55. The Hall–Kier alpha value is -1.03. The van der Waals surface area contributed by atoms with Gasteiger partial charge in [0.2, 0.25) is 0 Å². The van der Waals surface area contributed by atoms with E-state index in [1.165, 1.54) is 24.8 Å². The normalized spacial score (nSPS) is 45.3. The third kappa shape index (κ3) is 2.94. The topological polar surface area (TPSA) is 43.4 Å². The lowest BCUT2D eigenvalue weighted by Crippen LogP contribution is -2.50. The lowest BCUT2D eigenvalue weighted by atomic mass is 9.48. The Morgan fingerprint density at radius 3 is 2.67 bits per heavy atom. The van der Waals surface area contributed by atoms with Crippen LogP contribution in [0.3, 0.4) is 0 Å². The average molecular weight is 389 g/mol. The van der Waals surface area contributed by atoms with E-state index in [0.717, 1.165) is 19.3 Å². The summed E-state index contributed by atoms with van der Waals surface area (Å²) >= 11 is 4.22. The van der Waals surface area contributed by atoms with E-state index in [4.69, 9.17) is 4.74 Å². The number of esters is 1. The van der Waals surface area contributed by atoms with Crippen molar-refractivity contribution in [1.82, 2.24) is 0 Å². The van der Waals surface area contributed by atoms with Crippen LogP contribution in [0.4, 0.5) is 0 Å². The van der Waals surface area contributed by atoms with Crippen molar-refractivity contribution in [2.45, 2.75) is 71.8 Å². The lowest BCUT2D eigenvalue weighted by molar-refractivity contribution is -0.145. The van der Waals surface area contributed by atoms with Gasteiger partial charge >= 0.3 is 5.97 Å². The molecule has 3 fully saturated rings. The number of hydrogen-bond acceptors (Lipinski definition) is 3. The molecule has 0 aromatic rings. The minimum Gasteiger partial charge on any atom is -0.454 e. The van der Waals surface area contributed by atoms with E-state index >= 15 is 0 Å². The van der Waals surface area contributed by atoms with Crippen molar-refractivity contribution in [3.05, 3.63) is 23.8 Å². The van der Waals surface area contributed by atoms with Crippen LogP contribution in [0, 0.1) is 34.5 Å². The zero-order chi connectivity index (χ0) is 19.4. The van der Waals surface area contributed by atoms with Gasteiger partial charge in [-0.1, -0.05) is 32.4 Å². The van der Waals surface area contributed by atoms with E-state index < -0.39 is 0 Å². The maximum atomic E-state index is 12.1.